The van der Waals surface area contributed by atoms with E-state index in [1.807, 2.05) is 0 Å². The molecule has 1 aromatic rings. The van der Waals surface area contributed by atoms with Crippen LogP contribution in [0.4, 0.5) is 5.13 Å². The summed E-state index contributed by atoms with van der Waals surface area (Å²) >= 11 is 0.869. The van der Waals surface area contributed by atoms with Crippen molar-refractivity contribution in [3.05, 3.63) is 5.82 Å². The summed E-state index contributed by atoms with van der Waals surface area (Å²) in [6.07, 6.45) is 0. The van der Waals surface area contributed by atoms with Crippen molar-refractivity contribution in [3.8, 4) is 0 Å². The summed E-state index contributed by atoms with van der Waals surface area (Å²) in [4.78, 5) is 13.4. The molecular formula is C3H3N3O2S. The second-order valence-corrected chi connectivity index (χ2v) is 2.04. The molecule has 0 saturated heterocycles. The Labute approximate surface area is 54.3 Å². The van der Waals surface area contributed by atoms with E-state index in [0.717, 1.165) is 11.5 Å². The van der Waals surface area contributed by atoms with Crippen molar-refractivity contribution in [2.75, 3.05) is 5.73 Å². The Morgan fingerprint density at radius 2 is 2.44 bits per heavy atom. The second-order valence-electron chi connectivity index (χ2n) is 1.26. The number of aromatic carboxylic acids is 1. The molecule has 9 heavy (non-hydrogen) atoms. The van der Waals surface area contributed by atoms with Gasteiger partial charge in [-0.15, -0.1) is 0 Å². The average Bonchev–Trinajstić information content (AvgIpc) is 2.14. The highest BCUT2D eigenvalue weighted by Gasteiger charge is 2.07. The average molecular weight is 145 g/mol. The van der Waals surface area contributed by atoms with Gasteiger partial charge in [-0.3, -0.25) is 0 Å². The van der Waals surface area contributed by atoms with Crippen LogP contribution in [0.2, 0.25) is 0 Å². The van der Waals surface area contributed by atoms with Crippen LogP contribution in [0.15, 0.2) is 0 Å². The highest BCUT2D eigenvalue weighted by atomic mass is 32.1. The summed E-state index contributed by atoms with van der Waals surface area (Å²) in [5.41, 5.74) is 5.10. The van der Waals surface area contributed by atoms with E-state index in [4.69, 9.17) is 10.8 Å². The smallest absolute Gasteiger partial charge is 0.375 e. The van der Waals surface area contributed by atoms with Gasteiger partial charge in [-0.05, 0) is 0 Å². The quantitative estimate of drug-likeness (QED) is 0.572. The lowest BCUT2D eigenvalue weighted by Crippen LogP contribution is -1.98. The molecule has 0 atom stereocenters. The summed E-state index contributed by atoms with van der Waals surface area (Å²) in [5.74, 6) is -1.39. The third-order valence-corrected chi connectivity index (χ3v) is 1.18. The molecule has 0 aromatic carbocycles. The molecule has 6 heteroatoms. The van der Waals surface area contributed by atoms with Crippen LogP contribution in [-0.2, 0) is 0 Å². The van der Waals surface area contributed by atoms with Gasteiger partial charge in [-0.25, -0.2) is 4.79 Å². The van der Waals surface area contributed by atoms with Crippen molar-refractivity contribution in [1.82, 2.24) is 9.36 Å². The number of hydrogen-bond acceptors (Lipinski definition) is 5. The van der Waals surface area contributed by atoms with Crippen molar-refractivity contribution in [2.24, 2.45) is 0 Å². The first-order valence-electron chi connectivity index (χ1n) is 2.02. The number of nitrogens with zero attached hydrogens (tertiary/aromatic N) is 2. The maximum Gasteiger partial charge on any atom is 0.375 e. The van der Waals surface area contributed by atoms with Crippen LogP contribution in [0.1, 0.15) is 10.6 Å². The summed E-state index contributed by atoms with van der Waals surface area (Å²) in [5, 5.41) is 8.40. The molecule has 1 aromatic heterocycles. The largest absolute Gasteiger partial charge is 0.475 e. The van der Waals surface area contributed by atoms with Gasteiger partial charge in [0.1, 0.15) is 0 Å². The number of nitrogen functional groups attached to an aromatic ring is 1. The predicted octanol–water partition coefficient (Wildman–Crippen LogP) is -0.181. The molecular weight excluding hydrogens is 142 g/mol. The summed E-state index contributed by atoms with van der Waals surface area (Å²) < 4.78 is 3.42. The number of aromatic nitrogens is 2. The Balaban J connectivity index is 2.98. The molecule has 0 unspecified atom stereocenters. The van der Waals surface area contributed by atoms with E-state index < -0.39 is 5.97 Å². The molecule has 0 amide bonds. The van der Waals surface area contributed by atoms with Crippen molar-refractivity contribution in [1.29, 1.82) is 0 Å². The summed E-state index contributed by atoms with van der Waals surface area (Å²) in [6.45, 7) is 0. The fraction of sp³-hybridized carbons (Fsp3) is 0. The van der Waals surface area contributed by atoms with Gasteiger partial charge in [0.05, 0.1) is 0 Å². The number of carboxylic acid groups (broad SMARTS) is 1. The van der Waals surface area contributed by atoms with E-state index in [1.165, 1.54) is 0 Å². The van der Waals surface area contributed by atoms with Crippen molar-refractivity contribution >= 4 is 22.6 Å². The summed E-state index contributed by atoms with van der Waals surface area (Å²) in [6, 6.07) is 0. The van der Waals surface area contributed by atoms with Gasteiger partial charge in [-0.2, -0.15) is 9.36 Å². The Bertz CT molecular complexity index is 233. The van der Waals surface area contributed by atoms with E-state index in [9.17, 15) is 4.79 Å². The maximum absolute atomic E-state index is 10.0. The number of nitrogens with two attached hydrogens (primary N) is 1. The minimum Gasteiger partial charge on any atom is -0.475 e. The molecule has 0 bridgehead atoms. The van der Waals surface area contributed by atoms with E-state index in [1.54, 1.807) is 0 Å². The van der Waals surface area contributed by atoms with Crippen LogP contribution >= 0.6 is 11.5 Å². The number of carbonyl (C=O) groups is 1. The first kappa shape index (κ1) is 5.96. The third kappa shape index (κ3) is 1.14. The lowest BCUT2D eigenvalue weighted by Gasteiger charge is -1.77. The van der Waals surface area contributed by atoms with Gasteiger partial charge >= 0.3 is 5.97 Å². The first-order valence-corrected chi connectivity index (χ1v) is 2.80. The second kappa shape index (κ2) is 1.98. The molecule has 48 valence electrons. The fourth-order valence-electron chi connectivity index (χ4n) is 0.322. The molecule has 0 spiro atoms. The van der Waals surface area contributed by atoms with Gasteiger partial charge < -0.3 is 10.8 Å². The van der Waals surface area contributed by atoms with Crippen LogP contribution in [0.25, 0.3) is 0 Å². The molecule has 0 aliphatic rings. The van der Waals surface area contributed by atoms with Crippen LogP contribution in [-0.4, -0.2) is 20.4 Å². The Kier molecular flexibility index (Phi) is 1.31. The van der Waals surface area contributed by atoms with Crippen molar-refractivity contribution in [2.45, 2.75) is 0 Å². The molecule has 1 rings (SSSR count). The normalized spacial score (nSPS) is 9.33. The lowest BCUT2D eigenvalue weighted by molar-refractivity contribution is 0.0685. The molecule has 0 fully saturated rings. The minimum absolute atomic E-state index is 0.174. The highest BCUT2D eigenvalue weighted by molar-refractivity contribution is 7.09. The minimum atomic E-state index is -1.15. The lowest BCUT2D eigenvalue weighted by atomic mass is 10.6. The Morgan fingerprint density at radius 1 is 1.78 bits per heavy atom. The van der Waals surface area contributed by atoms with E-state index in [2.05, 4.69) is 9.36 Å². The van der Waals surface area contributed by atoms with Gasteiger partial charge in [0.15, 0.2) is 5.13 Å². The zero-order valence-electron chi connectivity index (χ0n) is 4.24. The zero-order valence-corrected chi connectivity index (χ0v) is 5.05. The van der Waals surface area contributed by atoms with Gasteiger partial charge in [-0.1, -0.05) is 0 Å². The number of rotatable bonds is 1. The number of carboxylic acids is 1. The maximum atomic E-state index is 10.0. The SMILES string of the molecule is Nc1nc(C(=O)O)ns1. The Hall–Kier alpha value is -1.17. The van der Waals surface area contributed by atoms with Gasteiger partial charge in [0, 0.05) is 11.5 Å². The van der Waals surface area contributed by atoms with Crippen LogP contribution in [0.5, 0.6) is 0 Å². The van der Waals surface area contributed by atoms with E-state index in [-0.39, 0.29) is 11.0 Å². The molecule has 3 N–H and O–H groups in total. The van der Waals surface area contributed by atoms with Crippen LogP contribution in [0, 0.1) is 0 Å². The molecule has 1 heterocycles. The molecule has 0 radical (unpaired) electrons. The number of hydrogen-bond donors (Lipinski definition) is 2. The third-order valence-electron chi connectivity index (χ3n) is 0.633. The fourth-order valence-corrected chi connectivity index (χ4v) is 0.748. The molecule has 0 saturated carbocycles. The standard InChI is InChI=1S/C3H3N3O2S/c4-3-5-1(2(7)8)6-9-3/h(H,7,8)(H2,4,5,6). The predicted molar refractivity (Wildman–Crippen MR) is 31.3 cm³/mol. The van der Waals surface area contributed by atoms with Gasteiger partial charge in [0.2, 0.25) is 0 Å². The van der Waals surface area contributed by atoms with Crippen molar-refractivity contribution < 1.29 is 9.90 Å². The topological polar surface area (TPSA) is 89.1 Å². The summed E-state index contributed by atoms with van der Waals surface area (Å²) in [7, 11) is 0. The molecule has 0 aliphatic heterocycles. The molecule has 5 nitrogen and oxygen atoms in total. The van der Waals surface area contributed by atoms with Crippen molar-refractivity contribution in [3.63, 3.8) is 0 Å². The highest BCUT2D eigenvalue weighted by Crippen LogP contribution is 2.04. The molecule has 0 aliphatic carbocycles. The van der Waals surface area contributed by atoms with Gasteiger partial charge in [0.25, 0.3) is 5.82 Å². The van der Waals surface area contributed by atoms with E-state index >= 15 is 0 Å². The monoisotopic (exact) mass is 145 g/mol. The first-order chi connectivity index (χ1) is 4.20. The van der Waals surface area contributed by atoms with Crippen LogP contribution in [0.3, 0.4) is 0 Å². The number of anilines is 1. The zero-order chi connectivity index (χ0) is 6.85. The van der Waals surface area contributed by atoms with E-state index in [0.29, 0.717) is 0 Å². The Morgan fingerprint density at radius 3 is 2.67 bits per heavy atom. The van der Waals surface area contributed by atoms with Crippen LogP contribution < -0.4 is 5.73 Å².